The van der Waals surface area contributed by atoms with Crippen LogP contribution in [0.15, 0.2) is 0 Å². The smallest absolute Gasteiger partial charge is 0.383 e. The normalized spacial score (nSPS) is 10.5. The average Bonchev–Trinajstić information content (AvgIpc) is 1.96. The fourth-order valence-electron chi connectivity index (χ4n) is 0.413. The van der Waals surface area contributed by atoms with Gasteiger partial charge in [-0.3, -0.25) is 0 Å². The number of rotatable bonds is 7. The van der Waals surface area contributed by atoms with Crippen LogP contribution in [0.2, 0.25) is 0 Å². The van der Waals surface area contributed by atoms with Gasteiger partial charge in [0.25, 0.3) is 0 Å². The van der Waals surface area contributed by atoms with Crippen LogP contribution in [0.1, 0.15) is 33.6 Å². The van der Waals surface area contributed by atoms with E-state index in [4.69, 9.17) is 4.65 Å². The number of hydrogen-bond acceptors (Lipinski definition) is 3. The molecule has 0 atom stereocenters. The highest BCUT2D eigenvalue weighted by Crippen LogP contribution is 2.20. The molecule has 0 saturated carbocycles. The molecule has 0 aliphatic rings. The van der Waals surface area contributed by atoms with Gasteiger partial charge >= 0.3 is 6.76 Å². The molecule has 0 aromatic carbocycles. The van der Waals surface area contributed by atoms with Gasteiger partial charge in [-0.15, -0.1) is 21.4 Å². The largest absolute Gasteiger partial charge is 0.426 e. The van der Waals surface area contributed by atoms with Crippen molar-refractivity contribution in [3.63, 3.8) is 0 Å². The minimum absolute atomic E-state index is 0.314. The third-order valence-electron chi connectivity index (χ3n) is 1.02. The molecule has 0 spiro atoms. The summed E-state index contributed by atoms with van der Waals surface area (Å²) in [5, 5.41) is 0. The summed E-state index contributed by atoms with van der Waals surface area (Å²) >= 11 is 0. The van der Waals surface area contributed by atoms with Gasteiger partial charge in [0.2, 0.25) is 0 Å². The maximum absolute atomic E-state index is 5.24. The fourth-order valence-corrected chi connectivity index (χ4v) is 2.18. The van der Waals surface area contributed by atoms with Gasteiger partial charge in [-0.2, -0.15) is 0 Å². The van der Waals surface area contributed by atoms with Crippen LogP contribution in [0, 0.1) is 0 Å². The van der Waals surface area contributed by atoms with Crippen molar-refractivity contribution in [3.8, 4) is 0 Å². The molecule has 0 aromatic heterocycles. The molecule has 0 heterocycles. The third kappa shape index (κ3) is 10.7. The lowest BCUT2D eigenvalue weighted by molar-refractivity contribution is 0.264. The van der Waals surface area contributed by atoms with Crippen LogP contribution in [-0.2, 0) is 4.65 Å². The predicted octanol–water partition coefficient (Wildman–Crippen LogP) is 3.13. The Balaban J connectivity index is 2.80. The van der Waals surface area contributed by atoms with Crippen molar-refractivity contribution in [1.29, 1.82) is 0 Å². The standard InChI is InChI=1S/C7H16BOS2/c1-4-5-6-10-11-8-9-7(2)3/h7H,4-6H2,1-3H3. The van der Waals surface area contributed by atoms with E-state index in [9.17, 15) is 0 Å². The molecule has 0 aromatic rings. The lowest BCUT2D eigenvalue weighted by Gasteiger charge is -2.04. The van der Waals surface area contributed by atoms with E-state index in [1.165, 1.54) is 18.6 Å². The van der Waals surface area contributed by atoms with Gasteiger partial charge in [0.05, 0.1) is 0 Å². The molecule has 1 nitrogen and oxygen atoms in total. The molecule has 0 rings (SSSR count). The van der Waals surface area contributed by atoms with Crippen LogP contribution in [-0.4, -0.2) is 18.6 Å². The first-order valence-corrected chi connectivity index (χ1v) is 6.41. The summed E-state index contributed by atoms with van der Waals surface area (Å²) < 4.78 is 5.24. The molecule has 0 N–H and O–H groups in total. The molecule has 65 valence electrons. The minimum atomic E-state index is 0.314. The second-order valence-electron chi connectivity index (χ2n) is 2.55. The zero-order chi connectivity index (χ0) is 8.53. The van der Waals surface area contributed by atoms with E-state index in [0.29, 0.717) is 6.10 Å². The molecular formula is C7H16BOS2. The highest BCUT2D eigenvalue weighted by atomic mass is 33.1. The van der Waals surface area contributed by atoms with Crippen LogP contribution in [0.4, 0.5) is 0 Å². The molecule has 0 unspecified atom stereocenters. The Morgan fingerprint density at radius 3 is 2.73 bits per heavy atom. The lowest BCUT2D eigenvalue weighted by Crippen LogP contribution is -2.03. The van der Waals surface area contributed by atoms with E-state index in [0.717, 1.165) is 0 Å². The number of unbranched alkanes of at least 4 members (excludes halogenated alkanes) is 1. The van der Waals surface area contributed by atoms with Crippen molar-refractivity contribution >= 4 is 28.2 Å². The van der Waals surface area contributed by atoms with Crippen LogP contribution < -0.4 is 0 Å². The van der Waals surface area contributed by atoms with Crippen molar-refractivity contribution in [2.45, 2.75) is 39.7 Å². The summed E-state index contributed by atoms with van der Waals surface area (Å²) in [5.41, 5.74) is 0. The topological polar surface area (TPSA) is 9.23 Å². The van der Waals surface area contributed by atoms with Gasteiger partial charge in [-0.05, 0) is 20.3 Å². The quantitative estimate of drug-likeness (QED) is 0.347. The molecular weight excluding hydrogens is 175 g/mol. The molecule has 1 radical (unpaired) electrons. The van der Waals surface area contributed by atoms with E-state index >= 15 is 0 Å². The Morgan fingerprint density at radius 1 is 1.45 bits per heavy atom. The summed E-state index contributed by atoms with van der Waals surface area (Å²) in [6, 6.07) is 0. The number of hydrogen-bond donors (Lipinski definition) is 0. The van der Waals surface area contributed by atoms with Crippen molar-refractivity contribution in [2.24, 2.45) is 0 Å². The Bertz CT molecular complexity index is 80.8. The van der Waals surface area contributed by atoms with Crippen LogP contribution in [0.5, 0.6) is 0 Å². The summed E-state index contributed by atoms with van der Waals surface area (Å²) in [6.07, 6.45) is 2.89. The molecule has 0 aliphatic carbocycles. The van der Waals surface area contributed by atoms with Gasteiger partial charge in [-0.25, -0.2) is 0 Å². The summed E-state index contributed by atoms with van der Waals surface area (Å²) in [5.74, 6) is 1.22. The van der Waals surface area contributed by atoms with Crippen LogP contribution in [0.3, 0.4) is 0 Å². The Labute approximate surface area is 78.6 Å². The monoisotopic (exact) mass is 191 g/mol. The Hall–Kier alpha value is 0.725. The first-order chi connectivity index (χ1) is 5.27. The van der Waals surface area contributed by atoms with Crippen molar-refractivity contribution in [2.75, 3.05) is 5.75 Å². The van der Waals surface area contributed by atoms with Crippen molar-refractivity contribution in [3.05, 3.63) is 0 Å². The zero-order valence-corrected chi connectivity index (χ0v) is 9.13. The molecule has 0 amide bonds. The SMILES string of the molecule is CCCCSS[B]OC(C)C. The molecule has 0 fully saturated rings. The Morgan fingerprint density at radius 2 is 2.18 bits per heavy atom. The van der Waals surface area contributed by atoms with E-state index in [1.807, 2.05) is 31.4 Å². The van der Waals surface area contributed by atoms with E-state index in [2.05, 4.69) is 6.92 Å². The van der Waals surface area contributed by atoms with Crippen LogP contribution >= 0.6 is 21.4 Å². The summed E-state index contributed by atoms with van der Waals surface area (Å²) in [4.78, 5) is 0. The first kappa shape index (κ1) is 11.7. The molecule has 0 aliphatic heterocycles. The van der Waals surface area contributed by atoms with Crippen molar-refractivity contribution < 1.29 is 4.65 Å². The third-order valence-corrected chi connectivity index (χ3v) is 2.94. The maximum atomic E-state index is 5.24. The second-order valence-corrected chi connectivity index (χ2v) is 4.87. The summed E-state index contributed by atoms with van der Waals surface area (Å²) in [7, 11) is 3.55. The van der Waals surface area contributed by atoms with Gasteiger partial charge in [0.15, 0.2) is 0 Å². The minimum Gasteiger partial charge on any atom is -0.426 e. The van der Waals surface area contributed by atoms with Gasteiger partial charge < -0.3 is 4.65 Å². The molecule has 0 bridgehead atoms. The predicted molar refractivity (Wildman–Crippen MR) is 56.9 cm³/mol. The van der Waals surface area contributed by atoms with Gasteiger partial charge in [0, 0.05) is 11.9 Å². The highest BCUT2D eigenvalue weighted by molar-refractivity contribution is 8.85. The molecule has 11 heavy (non-hydrogen) atoms. The van der Waals surface area contributed by atoms with Gasteiger partial charge in [0.1, 0.15) is 0 Å². The van der Waals surface area contributed by atoms with E-state index in [-0.39, 0.29) is 0 Å². The lowest BCUT2D eigenvalue weighted by atomic mass is 10.4. The highest BCUT2D eigenvalue weighted by Gasteiger charge is 1.96. The zero-order valence-electron chi connectivity index (χ0n) is 7.50. The molecule has 4 heteroatoms. The first-order valence-electron chi connectivity index (χ1n) is 4.02. The van der Waals surface area contributed by atoms with Gasteiger partial charge in [-0.1, -0.05) is 13.3 Å². The average molecular weight is 191 g/mol. The maximum Gasteiger partial charge on any atom is 0.383 e. The fraction of sp³-hybridized carbons (Fsp3) is 1.00. The summed E-state index contributed by atoms with van der Waals surface area (Å²) in [6.45, 7) is 8.10. The second kappa shape index (κ2) is 8.82. The van der Waals surface area contributed by atoms with Crippen LogP contribution in [0.25, 0.3) is 0 Å². The molecule has 0 saturated heterocycles. The Kier molecular flexibility index (Phi) is 9.40. The van der Waals surface area contributed by atoms with Crippen molar-refractivity contribution in [1.82, 2.24) is 0 Å². The van der Waals surface area contributed by atoms with E-state index < -0.39 is 0 Å². The van der Waals surface area contributed by atoms with E-state index in [1.54, 1.807) is 10.6 Å².